The Labute approximate surface area is 156 Å². The minimum absolute atomic E-state index is 0.0899. The third kappa shape index (κ3) is 3.61. The maximum atomic E-state index is 12.6. The molecule has 1 aromatic carbocycles. The van der Waals surface area contributed by atoms with Crippen LogP contribution in [-0.4, -0.2) is 20.1 Å². The number of alkyl halides is 3. The van der Waals surface area contributed by atoms with Crippen LogP contribution in [0.3, 0.4) is 0 Å². The molecule has 0 radical (unpaired) electrons. The van der Waals surface area contributed by atoms with Gasteiger partial charge in [0.15, 0.2) is 0 Å². The predicted molar refractivity (Wildman–Crippen MR) is 95.3 cm³/mol. The summed E-state index contributed by atoms with van der Waals surface area (Å²) in [5.41, 5.74) is -2.09. The van der Waals surface area contributed by atoms with Crippen LogP contribution in [0.4, 0.5) is 18.9 Å². The Kier molecular flexibility index (Phi) is 4.72. The van der Waals surface area contributed by atoms with E-state index in [1.165, 1.54) is 44.5 Å². The zero-order valence-corrected chi connectivity index (χ0v) is 14.7. The van der Waals surface area contributed by atoms with Gasteiger partial charge in [0.05, 0.1) is 11.3 Å². The molecule has 1 aromatic heterocycles. The van der Waals surface area contributed by atoms with Crippen LogP contribution in [0.25, 0.3) is 6.08 Å². The highest BCUT2D eigenvalue weighted by molar-refractivity contribution is 5.94. The first-order valence-corrected chi connectivity index (χ1v) is 7.90. The van der Waals surface area contributed by atoms with Crippen LogP contribution in [0.15, 0.2) is 56.8 Å². The molecule has 0 spiro atoms. The number of nitrogens with zero attached hydrogens (tertiary/aromatic N) is 3. The van der Waals surface area contributed by atoms with E-state index in [-0.39, 0.29) is 22.9 Å². The van der Waals surface area contributed by atoms with Crippen molar-refractivity contribution in [2.75, 3.05) is 0 Å². The van der Waals surface area contributed by atoms with E-state index in [9.17, 15) is 27.9 Å². The van der Waals surface area contributed by atoms with E-state index in [1.807, 2.05) is 0 Å². The van der Waals surface area contributed by atoms with E-state index >= 15 is 0 Å². The Morgan fingerprint density at radius 1 is 1.07 bits per heavy atom. The first-order chi connectivity index (χ1) is 13.1. The Morgan fingerprint density at radius 2 is 1.71 bits per heavy atom. The van der Waals surface area contributed by atoms with Crippen molar-refractivity contribution in [3.63, 3.8) is 0 Å². The third-order valence-corrected chi connectivity index (χ3v) is 4.00. The molecule has 3 rings (SSSR count). The summed E-state index contributed by atoms with van der Waals surface area (Å²) in [7, 11) is 2.58. The van der Waals surface area contributed by atoms with E-state index in [0.717, 1.165) is 21.3 Å². The van der Waals surface area contributed by atoms with Crippen LogP contribution in [0.2, 0.25) is 0 Å². The molecule has 1 aliphatic rings. The van der Waals surface area contributed by atoms with Crippen molar-refractivity contribution >= 4 is 17.7 Å². The molecular formula is C18H14F3N3O4. The van der Waals surface area contributed by atoms with Gasteiger partial charge >= 0.3 is 11.9 Å². The standard InChI is InChI=1S/C18H14F3N3O4/c1-23-15(25)13(16(26)24(2)17(23)27)9-12-7-8-14(28-12)22-11-5-3-10(4-6-11)18(19,20)21/h3-9,25H,1-2H3/b12-9+,22-14?. The van der Waals surface area contributed by atoms with Crippen molar-refractivity contribution in [3.05, 3.63) is 74.1 Å². The van der Waals surface area contributed by atoms with Gasteiger partial charge in [-0.05, 0) is 36.4 Å². The molecule has 28 heavy (non-hydrogen) atoms. The summed E-state index contributed by atoms with van der Waals surface area (Å²) >= 11 is 0. The molecular weight excluding hydrogens is 379 g/mol. The molecule has 1 aliphatic heterocycles. The normalized spacial score (nSPS) is 16.8. The molecule has 2 heterocycles. The molecule has 7 nitrogen and oxygen atoms in total. The van der Waals surface area contributed by atoms with Crippen LogP contribution in [0, 0.1) is 0 Å². The van der Waals surface area contributed by atoms with Crippen LogP contribution in [-0.2, 0) is 25.0 Å². The van der Waals surface area contributed by atoms with E-state index in [4.69, 9.17) is 4.74 Å². The number of aromatic nitrogens is 2. The highest BCUT2D eigenvalue weighted by atomic mass is 19.4. The zero-order chi connectivity index (χ0) is 20.6. The highest BCUT2D eigenvalue weighted by Gasteiger charge is 2.30. The molecule has 0 aliphatic carbocycles. The highest BCUT2D eigenvalue weighted by Crippen LogP contribution is 2.30. The molecule has 0 saturated carbocycles. The summed E-state index contributed by atoms with van der Waals surface area (Å²) in [5, 5.41) is 10.0. The molecule has 0 fully saturated rings. The Balaban J connectivity index is 1.87. The minimum atomic E-state index is -4.44. The lowest BCUT2D eigenvalue weighted by Crippen LogP contribution is -2.38. The number of aromatic hydroxyl groups is 1. The maximum absolute atomic E-state index is 12.6. The van der Waals surface area contributed by atoms with Crippen LogP contribution >= 0.6 is 0 Å². The largest absolute Gasteiger partial charge is 0.494 e. The number of rotatable bonds is 2. The van der Waals surface area contributed by atoms with Crippen LogP contribution in [0.5, 0.6) is 5.88 Å². The molecule has 1 N–H and O–H groups in total. The Bertz CT molecular complexity index is 1140. The second-order valence-electron chi connectivity index (χ2n) is 5.92. The summed E-state index contributed by atoms with van der Waals surface area (Å²) < 4.78 is 44.9. The zero-order valence-electron chi connectivity index (χ0n) is 14.7. The number of hydrogen-bond donors (Lipinski definition) is 1. The summed E-state index contributed by atoms with van der Waals surface area (Å²) in [6, 6.07) is 4.20. The molecule has 0 unspecified atom stereocenters. The van der Waals surface area contributed by atoms with Gasteiger partial charge in [0.1, 0.15) is 11.3 Å². The van der Waals surface area contributed by atoms with Crippen LogP contribution < -0.4 is 11.2 Å². The molecule has 2 aromatic rings. The summed E-state index contributed by atoms with van der Waals surface area (Å²) in [4.78, 5) is 28.0. The number of benzene rings is 1. The summed E-state index contributed by atoms with van der Waals surface area (Å²) in [6.45, 7) is 0. The Hall–Kier alpha value is -3.56. The van der Waals surface area contributed by atoms with Gasteiger partial charge in [-0.1, -0.05) is 0 Å². The maximum Gasteiger partial charge on any atom is 0.416 e. The second kappa shape index (κ2) is 6.87. The van der Waals surface area contributed by atoms with Gasteiger partial charge in [0.25, 0.3) is 5.56 Å². The third-order valence-electron chi connectivity index (χ3n) is 4.00. The molecule has 146 valence electrons. The smallest absolute Gasteiger partial charge is 0.416 e. The van der Waals surface area contributed by atoms with E-state index < -0.39 is 28.9 Å². The van der Waals surface area contributed by atoms with Gasteiger partial charge < -0.3 is 9.84 Å². The fourth-order valence-electron chi connectivity index (χ4n) is 2.46. The van der Waals surface area contributed by atoms with E-state index in [2.05, 4.69) is 4.99 Å². The molecule has 0 atom stereocenters. The average Bonchev–Trinajstić information content (AvgIpc) is 3.09. The average molecular weight is 393 g/mol. The predicted octanol–water partition coefficient (Wildman–Crippen LogP) is 2.47. The van der Waals surface area contributed by atoms with Gasteiger partial charge in [0.2, 0.25) is 11.8 Å². The second-order valence-corrected chi connectivity index (χ2v) is 5.92. The van der Waals surface area contributed by atoms with Gasteiger partial charge in [-0.3, -0.25) is 13.9 Å². The lowest BCUT2D eigenvalue weighted by molar-refractivity contribution is -0.137. The summed E-state index contributed by atoms with van der Waals surface area (Å²) in [5.74, 6) is -0.269. The lowest BCUT2D eigenvalue weighted by Gasteiger charge is -2.08. The number of aliphatic imine (C=N–C) groups is 1. The van der Waals surface area contributed by atoms with Crippen molar-refractivity contribution in [3.8, 4) is 5.88 Å². The van der Waals surface area contributed by atoms with Gasteiger partial charge in [-0.25, -0.2) is 9.79 Å². The first-order valence-electron chi connectivity index (χ1n) is 7.90. The van der Waals surface area contributed by atoms with Gasteiger partial charge in [-0.15, -0.1) is 0 Å². The molecule has 0 bridgehead atoms. The van der Waals surface area contributed by atoms with Crippen molar-refractivity contribution in [2.45, 2.75) is 6.18 Å². The van der Waals surface area contributed by atoms with Crippen molar-refractivity contribution in [1.29, 1.82) is 0 Å². The first kappa shape index (κ1) is 19.2. The number of halogens is 3. The Morgan fingerprint density at radius 3 is 2.32 bits per heavy atom. The topological polar surface area (TPSA) is 85.8 Å². The summed E-state index contributed by atoms with van der Waals surface area (Å²) in [6.07, 6.45) is -0.280. The lowest BCUT2D eigenvalue weighted by atomic mass is 10.2. The quantitative estimate of drug-likeness (QED) is 0.850. The van der Waals surface area contributed by atoms with E-state index in [0.29, 0.717) is 0 Å². The van der Waals surface area contributed by atoms with Crippen molar-refractivity contribution in [2.24, 2.45) is 19.1 Å². The molecule has 10 heteroatoms. The fraction of sp³-hybridized carbons (Fsp3) is 0.167. The van der Waals surface area contributed by atoms with Gasteiger partial charge in [0, 0.05) is 20.2 Å². The molecule has 0 saturated heterocycles. The van der Waals surface area contributed by atoms with Crippen molar-refractivity contribution in [1.82, 2.24) is 9.13 Å². The monoisotopic (exact) mass is 393 g/mol. The fourth-order valence-corrected chi connectivity index (χ4v) is 2.46. The SMILES string of the molecule is Cn1c(O)c(/C=C2\C=CC(=Nc3ccc(C(F)(F)F)cc3)O2)c(=O)n(C)c1=O. The number of ether oxygens (including phenoxy) is 1. The van der Waals surface area contributed by atoms with Crippen LogP contribution in [0.1, 0.15) is 11.1 Å². The number of hydrogen-bond acceptors (Lipinski definition) is 5. The number of allylic oxidation sites excluding steroid dienone is 1. The molecule has 0 amide bonds. The van der Waals surface area contributed by atoms with Crippen molar-refractivity contribution < 1.29 is 23.0 Å². The minimum Gasteiger partial charge on any atom is -0.494 e. The van der Waals surface area contributed by atoms with E-state index in [1.54, 1.807) is 0 Å². The van der Waals surface area contributed by atoms with Gasteiger partial charge in [-0.2, -0.15) is 13.2 Å².